The lowest BCUT2D eigenvalue weighted by Crippen LogP contribution is -2.31. The minimum absolute atomic E-state index is 0.0358. The van der Waals surface area contributed by atoms with Gasteiger partial charge >= 0.3 is 0 Å². The molecule has 5 rings (SSSR count). The molecule has 194 valence electrons. The third kappa shape index (κ3) is 4.61. The maximum atomic E-state index is 13.5. The van der Waals surface area contributed by atoms with Gasteiger partial charge in [-0.25, -0.2) is 4.39 Å². The number of likely N-dealkylation sites (tertiary alicyclic amines) is 1. The molecule has 1 aliphatic heterocycles. The summed E-state index contributed by atoms with van der Waals surface area (Å²) < 4.78 is 24.4. The quantitative estimate of drug-likeness (QED) is 0.187. The van der Waals surface area contributed by atoms with Crippen molar-refractivity contribution in [3.05, 3.63) is 101 Å². The molecule has 1 aromatic heterocycles. The molecule has 38 heavy (non-hydrogen) atoms. The van der Waals surface area contributed by atoms with Gasteiger partial charge in [-0.1, -0.05) is 12.1 Å². The van der Waals surface area contributed by atoms with Crippen LogP contribution in [0.3, 0.4) is 0 Å². The second-order valence-corrected chi connectivity index (χ2v) is 8.98. The van der Waals surface area contributed by atoms with Crippen LogP contribution in [0.1, 0.15) is 29.7 Å². The number of aliphatic hydroxyl groups excluding tert-OH is 1. The number of ketones is 1. The number of halogens is 1. The summed E-state index contributed by atoms with van der Waals surface area (Å²) in [5, 5.41) is 12.1. The van der Waals surface area contributed by atoms with E-state index in [1.165, 1.54) is 29.2 Å². The van der Waals surface area contributed by atoms with Crippen molar-refractivity contribution < 1.29 is 28.6 Å². The SMILES string of the molecule is CCOc1ccc([C@@H]2C(=C(O)c3ccc(F)cc3)C(=O)C(=O)N2CCc2c[nH]c3ccc(OC)cc23)cc1. The minimum atomic E-state index is -0.824. The van der Waals surface area contributed by atoms with Crippen LogP contribution >= 0.6 is 0 Å². The fraction of sp³-hybridized carbons (Fsp3) is 0.200. The van der Waals surface area contributed by atoms with Crippen molar-refractivity contribution in [3.8, 4) is 11.5 Å². The molecule has 0 spiro atoms. The van der Waals surface area contributed by atoms with E-state index in [0.717, 1.165) is 16.5 Å². The second-order valence-electron chi connectivity index (χ2n) is 8.98. The smallest absolute Gasteiger partial charge is 0.295 e. The van der Waals surface area contributed by atoms with Gasteiger partial charge in [-0.15, -0.1) is 0 Å². The molecule has 1 aliphatic rings. The second kappa shape index (κ2) is 10.4. The summed E-state index contributed by atoms with van der Waals surface area (Å²) in [5.74, 6) is -0.940. The van der Waals surface area contributed by atoms with Crippen molar-refractivity contribution in [3.63, 3.8) is 0 Å². The van der Waals surface area contributed by atoms with Gasteiger partial charge < -0.3 is 24.5 Å². The Morgan fingerprint density at radius 2 is 1.74 bits per heavy atom. The van der Waals surface area contributed by atoms with Crippen molar-refractivity contribution in [2.45, 2.75) is 19.4 Å². The average Bonchev–Trinajstić information content (AvgIpc) is 3.45. The first kappa shape index (κ1) is 25.1. The summed E-state index contributed by atoms with van der Waals surface area (Å²) in [4.78, 5) is 31.3. The largest absolute Gasteiger partial charge is 0.507 e. The number of hydrogen-bond acceptors (Lipinski definition) is 5. The number of carbonyl (C=O) groups excluding carboxylic acids is 2. The average molecular weight is 515 g/mol. The van der Waals surface area contributed by atoms with E-state index >= 15 is 0 Å². The lowest BCUT2D eigenvalue weighted by atomic mass is 9.95. The summed E-state index contributed by atoms with van der Waals surface area (Å²) >= 11 is 0. The highest BCUT2D eigenvalue weighted by Gasteiger charge is 2.45. The number of aromatic amines is 1. The van der Waals surface area contributed by atoms with Crippen LogP contribution in [0.4, 0.5) is 4.39 Å². The number of nitrogens with zero attached hydrogens (tertiary/aromatic N) is 1. The Kier molecular flexibility index (Phi) is 6.87. The number of benzene rings is 3. The molecule has 0 bridgehead atoms. The first-order valence-electron chi connectivity index (χ1n) is 12.3. The van der Waals surface area contributed by atoms with E-state index in [1.807, 2.05) is 31.3 Å². The molecule has 3 aromatic carbocycles. The van der Waals surface area contributed by atoms with Gasteiger partial charge in [0.2, 0.25) is 0 Å². The van der Waals surface area contributed by atoms with E-state index < -0.39 is 23.5 Å². The van der Waals surface area contributed by atoms with Crippen LogP contribution in [-0.4, -0.2) is 46.9 Å². The van der Waals surface area contributed by atoms with Crippen molar-refractivity contribution >= 4 is 28.4 Å². The Bertz CT molecular complexity index is 1520. The number of rotatable bonds is 8. The highest BCUT2D eigenvalue weighted by Crippen LogP contribution is 2.40. The molecular formula is C30H27FN2O5. The van der Waals surface area contributed by atoms with Crippen molar-refractivity contribution in [2.24, 2.45) is 0 Å². The molecule has 0 radical (unpaired) electrons. The van der Waals surface area contributed by atoms with Gasteiger partial charge in [0.25, 0.3) is 11.7 Å². The van der Waals surface area contributed by atoms with Crippen LogP contribution in [0, 0.1) is 5.82 Å². The summed E-state index contributed by atoms with van der Waals surface area (Å²) in [6.07, 6.45) is 2.34. The van der Waals surface area contributed by atoms with Gasteiger partial charge in [-0.3, -0.25) is 9.59 Å². The Morgan fingerprint density at radius 3 is 2.42 bits per heavy atom. The van der Waals surface area contributed by atoms with E-state index in [4.69, 9.17) is 9.47 Å². The zero-order valence-electron chi connectivity index (χ0n) is 21.0. The summed E-state index contributed by atoms with van der Waals surface area (Å²) in [6.45, 7) is 2.61. The molecular weight excluding hydrogens is 487 g/mol. The molecule has 1 atom stereocenters. The number of nitrogens with one attached hydrogen (secondary N) is 1. The summed E-state index contributed by atoms with van der Waals surface area (Å²) in [7, 11) is 1.60. The molecule has 1 fully saturated rings. The van der Waals surface area contributed by atoms with Gasteiger partial charge in [0.1, 0.15) is 23.1 Å². The van der Waals surface area contributed by atoms with Crippen LogP contribution in [0.5, 0.6) is 11.5 Å². The van der Waals surface area contributed by atoms with E-state index in [-0.39, 0.29) is 23.4 Å². The molecule has 0 aliphatic carbocycles. The molecule has 8 heteroatoms. The minimum Gasteiger partial charge on any atom is -0.507 e. The summed E-state index contributed by atoms with van der Waals surface area (Å²) in [5.41, 5.74) is 2.76. The Morgan fingerprint density at radius 1 is 1.03 bits per heavy atom. The number of aromatic nitrogens is 1. The fourth-order valence-corrected chi connectivity index (χ4v) is 4.87. The van der Waals surface area contributed by atoms with E-state index in [1.54, 1.807) is 31.4 Å². The van der Waals surface area contributed by atoms with E-state index in [2.05, 4.69) is 4.98 Å². The number of fused-ring (bicyclic) bond motifs is 1. The Labute approximate surface area is 219 Å². The molecule has 1 amide bonds. The maximum Gasteiger partial charge on any atom is 0.295 e. The van der Waals surface area contributed by atoms with Crippen LogP contribution in [0.25, 0.3) is 16.7 Å². The Balaban J connectivity index is 1.54. The zero-order chi connectivity index (χ0) is 26.8. The van der Waals surface area contributed by atoms with E-state index in [9.17, 15) is 19.1 Å². The highest BCUT2D eigenvalue weighted by atomic mass is 19.1. The molecule has 0 unspecified atom stereocenters. The predicted octanol–water partition coefficient (Wildman–Crippen LogP) is 5.38. The third-order valence-electron chi connectivity index (χ3n) is 6.76. The highest BCUT2D eigenvalue weighted by molar-refractivity contribution is 6.46. The monoisotopic (exact) mass is 514 g/mol. The maximum absolute atomic E-state index is 13.5. The number of carbonyl (C=O) groups is 2. The van der Waals surface area contributed by atoms with Crippen LogP contribution in [-0.2, 0) is 16.0 Å². The third-order valence-corrected chi connectivity index (χ3v) is 6.76. The van der Waals surface area contributed by atoms with Crippen LogP contribution in [0.2, 0.25) is 0 Å². The molecule has 2 heterocycles. The van der Waals surface area contributed by atoms with Crippen molar-refractivity contribution in [2.75, 3.05) is 20.3 Å². The number of ether oxygens (including phenoxy) is 2. The molecule has 4 aromatic rings. The number of Topliss-reactive ketones (excluding diaryl/α,β-unsaturated/α-hetero) is 1. The lowest BCUT2D eigenvalue weighted by Gasteiger charge is -2.25. The zero-order valence-corrected chi connectivity index (χ0v) is 21.0. The first-order chi connectivity index (χ1) is 18.4. The normalized spacial score (nSPS) is 16.8. The lowest BCUT2D eigenvalue weighted by molar-refractivity contribution is -0.139. The van der Waals surface area contributed by atoms with Crippen LogP contribution < -0.4 is 9.47 Å². The fourth-order valence-electron chi connectivity index (χ4n) is 4.87. The topological polar surface area (TPSA) is 91.9 Å². The van der Waals surface area contributed by atoms with Crippen molar-refractivity contribution in [1.82, 2.24) is 9.88 Å². The van der Waals surface area contributed by atoms with E-state index in [0.29, 0.717) is 30.1 Å². The van der Waals surface area contributed by atoms with Gasteiger partial charge in [0.05, 0.1) is 25.3 Å². The van der Waals surface area contributed by atoms with Crippen molar-refractivity contribution in [1.29, 1.82) is 0 Å². The summed E-state index contributed by atoms with van der Waals surface area (Å²) in [6, 6.07) is 17.1. The molecule has 0 saturated carbocycles. The van der Waals surface area contributed by atoms with Gasteiger partial charge in [-0.2, -0.15) is 0 Å². The number of methoxy groups -OCH3 is 1. The standard InChI is InChI=1S/C30H27FN2O5/c1-3-38-22-10-6-18(7-11-22)27-26(28(34)19-4-8-21(31)9-5-19)29(35)30(36)33(27)15-14-20-17-32-25-13-12-23(37-2)16-24(20)25/h4-13,16-17,27,32,34H,3,14-15H2,1-2H3/t27-/m1/s1. The number of aliphatic hydroxyl groups is 1. The first-order valence-corrected chi connectivity index (χ1v) is 12.3. The molecule has 7 nitrogen and oxygen atoms in total. The molecule has 1 saturated heterocycles. The Hall–Kier alpha value is -4.59. The van der Waals surface area contributed by atoms with Gasteiger partial charge in [0.15, 0.2) is 0 Å². The number of hydrogen-bond donors (Lipinski definition) is 2. The number of amides is 1. The van der Waals surface area contributed by atoms with Gasteiger partial charge in [-0.05, 0) is 79.1 Å². The van der Waals surface area contributed by atoms with Crippen LogP contribution in [0.15, 0.2) is 78.5 Å². The molecule has 2 N–H and O–H groups in total. The number of H-pyrrole nitrogens is 1. The predicted molar refractivity (Wildman–Crippen MR) is 142 cm³/mol. The van der Waals surface area contributed by atoms with Gasteiger partial charge in [0, 0.05) is 29.2 Å².